The van der Waals surface area contributed by atoms with E-state index in [1.54, 1.807) is 7.11 Å². The van der Waals surface area contributed by atoms with Crippen LogP contribution in [0.25, 0.3) is 0 Å². The summed E-state index contributed by atoms with van der Waals surface area (Å²) >= 11 is 7.35. The molecule has 0 aliphatic carbocycles. The summed E-state index contributed by atoms with van der Waals surface area (Å²) in [6.45, 7) is 22.1. The third-order valence-electron chi connectivity index (χ3n) is 10.0. The van der Waals surface area contributed by atoms with E-state index in [1.807, 2.05) is 99.6 Å². The molecule has 0 heterocycles. The van der Waals surface area contributed by atoms with Gasteiger partial charge in [-0.1, -0.05) is 56.4 Å². The van der Waals surface area contributed by atoms with Gasteiger partial charge in [-0.2, -0.15) is 5.26 Å². The number of benzene rings is 1. The zero-order chi connectivity index (χ0) is 36.2. The second kappa shape index (κ2) is 18.1. The Morgan fingerprint density at radius 1 is 0.915 bits per heavy atom. The van der Waals surface area contributed by atoms with Crippen molar-refractivity contribution in [2.45, 2.75) is 124 Å². The Balaban J connectivity index is 3.04. The lowest BCUT2D eigenvalue weighted by Gasteiger charge is -2.50. The maximum atomic E-state index is 14.0. The molecule has 1 rings (SSSR count). The second-order valence-corrected chi connectivity index (χ2v) is 17.7. The first-order chi connectivity index (χ1) is 21.6. The van der Waals surface area contributed by atoms with Crippen molar-refractivity contribution in [1.82, 2.24) is 10.6 Å². The van der Waals surface area contributed by atoms with Gasteiger partial charge in [-0.3, -0.25) is 9.59 Å². The number of nitrogens with two attached hydrogens (primary N) is 1. The smallest absolute Gasteiger partial charge is 0.227 e. The number of carbonyl (C=O) groups is 2. The molecule has 0 saturated heterocycles. The zero-order valence-electron chi connectivity index (χ0n) is 30.9. The maximum absolute atomic E-state index is 14.0. The Hall–Kier alpha value is -2.03. The molecule has 0 spiro atoms. The molecular weight excluding hydrogens is 629 g/mol. The van der Waals surface area contributed by atoms with Crippen molar-refractivity contribution in [1.29, 1.82) is 5.26 Å². The fourth-order valence-corrected chi connectivity index (χ4v) is 7.24. The number of ether oxygens (including phenoxy) is 2. The maximum Gasteiger partial charge on any atom is 0.227 e. The molecule has 4 N–H and O–H groups in total. The number of methoxy groups -OCH3 is 1. The molecular formula is C37H62N4O4S2. The third kappa shape index (κ3) is 13.1. The van der Waals surface area contributed by atoms with Crippen LogP contribution >= 0.6 is 24.0 Å². The summed E-state index contributed by atoms with van der Waals surface area (Å²) in [5.74, 6) is -0.203. The van der Waals surface area contributed by atoms with Crippen molar-refractivity contribution in [3.63, 3.8) is 0 Å². The largest absolute Gasteiger partial charge is 0.379 e. The van der Waals surface area contributed by atoms with Gasteiger partial charge in [-0.05, 0) is 105 Å². The number of nitriles is 1. The molecule has 0 saturated carbocycles. The molecule has 1 aromatic rings. The molecule has 0 aliphatic heterocycles. The summed E-state index contributed by atoms with van der Waals surface area (Å²) in [6, 6.07) is 12.3. The van der Waals surface area contributed by atoms with Crippen LogP contribution in [0, 0.1) is 27.6 Å². The quantitative estimate of drug-likeness (QED) is 0.0915. The Morgan fingerprint density at radius 2 is 1.53 bits per heavy atom. The van der Waals surface area contributed by atoms with E-state index in [1.165, 1.54) is 11.8 Å². The average Bonchev–Trinajstić information content (AvgIpc) is 2.99. The molecule has 2 atom stereocenters. The van der Waals surface area contributed by atoms with Crippen LogP contribution in [0.4, 0.5) is 0 Å². The Kier molecular flexibility index (Phi) is 16.6. The average molecular weight is 691 g/mol. The van der Waals surface area contributed by atoms with Crippen LogP contribution in [0.5, 0.6) is 0 Å². The van der Waals surface area contributed by atoms with Crippen molar-refractivity contribution in [2.24, 2.45) is 22.0 Å². The summed E-state index contributed by atoms with van der Waals surface area (Å²) in [5.41, 5.74) is 3.55. The van der Waals surface area contributed by atoms with Gasteiger partial charge in [-0.15, -0.1) is 11.8 Å². The number of hydrogen-bond acceptors (Lipinski definition) is 8. The summed E-state index contributed by atoms with van der Waals surface area (Å²) in [4.78, 5) is 27.0. The predicted octanol–water partition coefficient (Wildman–Crippen LogP) is 7.19. The van der Waals surface area contributed by atoms with Gasteiger partial charge in [-0.25, -0.2) is 0 Å². The Morgan fingerprint density at radius 3 is 2.09 bits per heavy atom. The molecule has 2 unspecified atom stereocenters. The first-order valence-electron chi connectivity index (χ1n) is 16.7. The standard InChI is InChI=1S/C37H62N4O4S2/c1-32(2,36(9,27-39)19-18-29(42)40-24-20-34(5,6)45-25-21-33(3,4)44-11)26-37(10,31(43)41-23-15-22-38)35(7,8)47-30(46)28-16-13-12-14-17-28/h12-14,16-17H,15,18-26,38H2,1-11H3,(H,40,42)(H,41,43). The fraction of sp³-hybridized carbons (Fsp3) is 0.730. The topological polar surface area (TPSA) is 126 Å². The molecule has 10 heteroatoms. The fourth-order valence-electron chi connectivity index (χ4n) is 5.37. The van der Waals surface area contributed by atoms with E-state index >= 15 is 0 Å². The lowest BCUT2D eigenvalue weighted by molar-refractivity contribution is -0.135. The normalized spacial score (nSPS) is 15.2. The highest BCUT2D eigenvalue weighted by Crippen LogP contribution is 2.55. The highest BCUT2D eigenvalue weighted by Gasteiger charge is 2.54. The minimum atomic E-state index is -0.918. The number of amides is 2. The first kappa shape index (κ1) is 43.0. The van der Waals surface area contributed by atoms with Crippen molar-refractivity contribution >= 4 is 40.0 Å². The summed E-state index contributed by atoms with van der Waals surface area (Å²) < 4.78 is 11.6. The molecule has 2 amide bonds. The van der Waals surface area contributed by atoms with Crippen molar-refractivity contribution < 1.29 is 19.1 Å². The Bertz CT molecular complexity index is 1210. The highest BCUT2D eigenvalue weighted by molar-refractivity contribution is 8.24. The van der Waals surface area contributed by atoms with Gasteiger partial charge in [0, 0.05) is 31.4 Å². The molecule has 266 valence electrons. The number of thiocarbonyl (C=S) groups is 1. The summed E-state index contributed by atoms with van der Waals surface area (Å²) in [7, 11) is 1.70. The zero-order valence-corrected chi connectivity index (χ0v) is 32.6. The number of rotatable bonds is 21. The lowest BCUT2D eigenvalue weighted by Crippen LogP contribution is -2.55. The number of carbonyl (C=O) groups excluding carboxylic acids is 2. The second-order valence-electron chi connectivity index (χ2n) is 15.4. The number of hydrogen-bond donors (Lipinski definition) is 3. The summed E-state index contributed by atoms with van der Waals surface area (Å²) in [6.07, 6.45) is 3.06. The van der Waals surface area contributed by atoms with Gasteiger partial charge in [0.15, 0.2) is 0 Å². The van der Waals surface area contributed by atoms with Crippen LogP contribution < -0.4 is 16.4 Å². The van der Waals surface area contributed by atoms with E-state index in [-0.39, 0.29) is 23.8 Å². The monoisotopic (exact) mass is 690 g/mol. The molecule has 8 nitrogen and oxygen atoms in total. The van der Waals surface area contributed by atoms with Gasteiger partial charge in [0.25, 0.3) is 0 Å². The number of nitrogens with zero attached hydrogens (tertiary/aromatic N) is 1. The first-order valence-corrected chi connectivity index (χ1v) is 18.0. The molecule has 0 bridgehead atoms. The highest BCUT2D eigenvalue weighted by atomic mass is 32.2. The van der Waals surface area contributed by atoms with Crippen LogP contribution in [-0.4, -0.2) is 65.3 Å². The molecule has 47 heavy (non-hydrogen) atoms. The molecule has 0 aromatic heterocycles. The predicted molar refractivity (Wildman–Crippen MR) is 199 cm³/mol. The van der Waals surface area contributed by atoms with Gasteiger partial charge in [0.2, 0.25) is 11.8 Å². The molecule has 0 radical (unpaired) electrons. The van der Waals surface area contributed by atoms with Crippen LogP contribution in [0.1, 0.15) is 113 Å². The van der Waals surface area contributed by atoms with Crippen LogP contribution in [-0.2, 0) is 19.1 Å². The minimum absolute atomic E-state index is 0.0963. The van der Waals surface area contributed by atoms with E-state index in [4.69, 9.17) is 27.4 Å². The van der Waals surface area contributed by atoms with Gasteiger partial charge in [0.05, 0.1) is 38.9 Å². The van der Waals surface area contributed by atoms with Crippen molar-refractivity contribution in [3.8, 4) is 6.07 Å². The van der Waals surface area contributed by atoms with Gasteiger partial charge >= 0.3 is 0 Å². The van der Waals surface area contributed by atoms with Crippen LogP contribution in [0.2, 0.25) is 0 Å². The third-order valence-corrected chi connectivity index (χ3v) is 11.9. The van der Waals surface area contributed by atoms with Gasteiger partial charge < -0.3 is 25.8 Å². The van der Waals surface area contributed by atoms with Crippen molar-refractivity contribution in [2.75, 3.05) is 33.4 Å². The van der Waals surface area contributed by atoms with E-state index in [9.17, 15) is 14.9 Å². The SMILES string of the molecule is COC(C)(C)CCOC(C)(C)CCNC(=O)CCC(C)(C#N)C(C)(C)CC(C)(C(=O)NCCCN)C(C)(C)SC(=S)c1ccccc1. The minimum Gasteiger partial charge on any atom is -0.379 e. The number of thioether (sulfide) groups is 1. The molecule has 0 aliphatic rings. The van der Waals surface area contributed by atoms with Crippen molar-refractivity contribution in [3.05, 3.63) is 35.9 Å². The Labute approximate surface area is 295 Å². The summed E-state index contributed by atoms with van der Waals surface area (Å²) in [5, 5.41) is 16.7. The van der Waals surface area contributed by atoms with E-state index in [0.29, 0.717) is 56.1 Å². The van der Waals surface area contributed by atoms with Gasteiger partial charge in [0.1, 0.15) is 0 Å². The van der Waals surface area contributed by atoms with Crippen LogP contribution in [0.15, 0.2) is 30.3 Å². The lowest BCUT2D eigenvalue weighted by atomic mass is 9.56. The van der Waals surface area contributed by atoms with E-state index in [2.05, 4.69) is 16.7 Å². The number of nitrogens with one attached hydrogen (secondary N) is 2. The van der Waals surface area contributed by atoms with Crippen LogP contribution in [0.3, 0.4) is 0 Å². The molecule has 0 fully saturated rings. The van der Waals surface area contributed by atoms with E-state index < -0.39 is 26.6 Å². The molecule has 1 aromatic carbocycles. The van der Waals surface area contributed by atoms with E-state index in [0.717, 1.165) is 12.0 Å².